The van der Waals surface area contributed by atoms with Gasteiger partial charge in [-0.1, -0.05) is 6.08 Å². The Labute approximate surface area is 112 Å². The van der Waals surface area contributed by atoms with E-state index in [0.717, 1.165) is 49.2 Å². The molecule has 1 fully saturated rings. The molecule has 3 heterocycles. The number of allylic oxidation sites excluding steroid dienone is 1. The van der Waals surface area contributed by atoms with E-state index in [0.29, 0.717) is 0 Å². The van der Waals surface area contributed by atoms with Crippen LogP contribution in [0.1, 0.15) is 18.3 Å². The normalized spacial score (nSPS) is 16.6. The highest BCUT2D eigenvalue weighted by Crippen LogP contribution is 2.21. The Bertz CT molecular complexity index is 611. The maximum absolute atomic E-state index is 5.39. The van der Waals surface area contributed by atoms with Crippen LogP contribution in [0.5, 0.6) is 0 Å². The Hall–Kier alpha value is -1.88. The van der Waals surface area contributed by atoms with Crippen molar-refractivity contribution in [1.29, 1.82) is 0 Å². The zero-order chi connectivity index (χ0) is 13.2. The Morgan fingerprint density at radius 1 is 1.32 bits per heavy atom. The Morgan fingerprint density at radius 2 is 2.11 bits per heavy atom. The van der Waals surface area contributed by atoms with Gasteiger partial charge in [-0.15, -0.1) is 0 Å². The van der Waals surface area contributed by atoms with E-state index in [9.17, 15) is 0 Å². The molecule has 0 aromatic carbocycles. The summed E-state index contributed by atoms with van der Waals surface area (Å²) in [4.78, 5) is 11.5. The van der Waals surface area contributed by atoms with Crippen molar-refractivity contribution in [2.75, 3.05) is 31.2 Å². The zero-order valence-corrected chi connectivity index (χ0v) is 11.3. The fourth-order valence-electron chi connectivity index (χ4n) is 2.35. The molecule has 100 valence electrons. The molecule has 5 nitrogen and oxygen atoms in total. The van der Waals surface area contributed by atoms with Crippen molar-refractivity contribution in [3.05, 3.63) is 29.9 Å². The second-order valence-corrected chi connectivity index (χ2v) is 4.68. The lowest BCUT2D eigenvalue weighted by Crippen LogP contribution is -2.37. The number of nitrogens with zero attached hydrogens (tertiary/aromatic N) is 4. The van der Waals surface area contributed by atoms with Crippen LogP contribution < -0.4 is 4.90 Å². The van der Waals surface area contributed by atoms with Gasteiger partial charge in [0.2, 0.25) is 0 Å². The van der Waals surface area contributed by atoms with Gasteiger partial charge in [0.25, 0.3) is 0 Å². The lowest BCUT2D eigenvalue weighted by atomic mass is 10.4. The summed E-state index contributed by atoms with van der Waals surface area (Å²) >= 11 is 0. The van der Waals surface area contributed by atoms with Gasteiger partial charge in [-0.25, -0.2) is 9.97 Å². The molecule has 0 aliphatic carbocycles. The molecule has 0 unspecified atom stereocenters. The van der Waals surface area contributed by atoms with E-state index in [-0.39, 0.29) is 0 Å². The number of aryl methyl sites for hydroxylation is 1. The fraction of sp³-hybridized carbons (Fsp3) is 0.429. The Kier molecular flexibility index (Phi) is 3.21. The van der Waals surface area contributed by atoms with E-state index in [1.807, 2.05) is 32.2 Å². The van der Waals surface area contributed by atoms with Gasteiger partial charge in [0, 0.05) is 31.2 Å². The predicted octanol–water partition coefficient (Wildman–Crippen LogP) is 1.91. The molecule has 1 aliphatic rings. The van der Waals surface area contributed by atoms with Gasteiger partial charge in [-0.2, -0.15) is 0 Å². The summed E-state index contributed by atoms with van der Waals surface area (Å²) in [5.41, 5.74) is 2.98. The summed E-state index contributed by atoms with van der Waals surface area (Å²) in [6, 6.07) is 0. The van der Waals surface area contributed by atoms with Crippen LogP contribution in [0.4, 0.5) is 5.82 Å². The van der Waals surface area contributed by atoms with Crippen molar-refractivity contribution in [1.82, 2.24) is 14.4 Å². The molecule has 1 aliphatic heterocycles. The van der Waals surface area contributed by atoms with E-state index in [1.54, 1.807) is 0 Å². The van der Waals surface area contributed by atoms with E-state index in [2.05, 4.69) is 25.5 Å². The van der Waals surface area contributed by atoms with Crippen LogP contribution in [-0.4, -0.2) is 40.7 Å². The van der Waals surface area contributed by atoms with E-state index < -0.39 is 0 Å². The number of ether oxygens (including phenoxy) is 1. The number of fused-ring (bicyclic) bond motifs is 1. The Balaban J connectivity index is 2.10. The molecule has 19 heavy (non-hydrogen) atoms. The van der Waals surface area contributed by atoms with Crippen molar-refractivity contribution in [2.24, 2.45) is 0 Å². The number of hydrogen-bond acceptors (Lipinski definition) is 4. The molecule has 0 amide bonds. The molecule has 0 saturated carbocycles. The monoisotopic (exact) mass is 258 g/mol. The second kappa shape index (κ2) is 5.01. The maximum Gasteiger partial charge on any atom is 0.181 e. The van der Waals surface area contributed by atoms with Gasteiger partial charge in [-0.3, -0.25) is 4.40 Å². The summed E-state index contributed by atoms with van der Waals surface area (Å²) in [7, 11) is 0. The van der Waals surface area contributed by atoms with Crippen molar-refractivity contribution in [2.45, 2.75) is 13.8 Å². The van der Waals surface area contributed by atoms with Crippen LogP contribution in [0.2, 0.25) is 0 Å². The predicted molar refractivity (Wildman–Crippen MR) is 75.5 cm³/mol. The lowest BCUT2D eigenvalue weighted by Gasteiger charge is -2.28. The molecule has 3 rings (SSSR count). The van der Waals surface area contributed by atoms with Crippen LogP contribution in [0.3, 0.4) is 0 Å². The van der Waals surface area contributed by atoms with Crippen molar-refractivity contribution in [3.63, 3.8) is 0 Å². The molecular weight excluding hydrogens is 240 g/mol. The largest absolute Gasteiger partial charge is 0.378 e. The van der Waals surface area contributed by atoms with Gasteiger partial charge >= 0.3 is 0 Å². The molecule has 0 bridgehead atoms. The number of morpholine rings is 1. The first-order valence-corrected chi connectivity index (χ1v) is 6.59. The maximum atomic E-state index is 5.39. The third-order valence-corrected chi connectivity index (χ3v) is 3.33. The van der Waals surface area contributed by atoms with Gasteiger partial charge in [-0.05, 0) is 19.9 Å². The van der Waals surface area contributed by atoms with Gasteiger partial charge in [0.05, 0.1) is 18.9 Å². The van der Waals surface area contributed by atoms with Gasteiger partial charge in [0.1, 0.15) is 0 Å². The minimum atomic E-state index is 0.754. The molecule has 0 spiro atoms. The third-order valence-electron chi connectivity index (χ3n) is 3.33. The Morgan fingerprint density at radius 3 is 2.84 bits per heavy atom. The third kappa shape index (κ3) is 2.21. The van der Waals surface area contributed by atoms with Crippen LogP contribution in [0.15, 0.2) is 18.5 Å². The minimum absolute atomic E-state index is 0.754. The van der Waals surface area contributed by atoms with Crippen molar-refractivity contribution >= 4 is 17.5 Å². The quantitative estimate of drug-likeness (QED) is 0.825. The lowest BCUT2D eigenvalue weighted by molar-refractivity contribution is 0.122. The molecular formula is C14H18N4O. The SMILES string of the molecule is C/C=C/c1cn2c(C)cnc(N3CCOCC3)c2n1. The highest BCUT2D eigenvalue weighted by molar-refractivity contribution is 5.67. The molecule has 2 aromatic heterocycles. The van der Waals surface area contributed by atoms with E-state index >= 15 is 0 Å². The molecule has 2 aromatic rings. The molecule has 5 heteroatoms. The first kappa shape index (κ1) is 12.2. The number of aromatic nitrogens is 3. The average molecular weight is 258 g/mol. The summed E-state index contributed by atoms with van der Waals surface area (Å²) in [6.07, 6.45) is 7.96. The van der Waals surface area contributed by atoms with Crippen LogP contribution in [0, 0.1) is 6.92 Å². The molecule has 0 atom stereocenters. The van der Waals surface area contributed by atoms with E-state index in [1.165, 1.54) is 0 Å². The minimum Gasteiger partial charge on any atom is -0.378 e. The summed E-state index contributed by atoms with van der Waals surface area (Å²) < 4.78 is 7.50. The first-order valence-electron chi connectivity index (χ1n) is 6.59. The standard InChI is InChI=1S/C14H18N4O/c1-3-4-12-10-18-11(2)9-15-13(14(18)16-12)17-5-7-19-8-6-17/h3-4,9-10H,5-8H2,1-2H3/b4-3+. The van der Waals surface area contributed by atoms with Crippen molar-refractivity contribution < 1.29 is 4.74 Å². The van der Waals surface area contributed by atoms with Gasteiger partial charge < -0.3 is 9.64 Å². The number of rotatable bonds is 2. The zero-order valence-electron chi connectivity index (χ0n) is 11.3. The number of imidazole rings is 1. The molecule has 0 N–H and O–H groups in total. The topological polar surface area (TPSA) is 42.7 Å². The fourth-order valence-corrected chi connectivity index (χ4v) is 2.35. The number of hydrogen-bond donors (Lipinski definition) is 0. The highest BCUT2D eigenvalue weighted by atomic mass is 16.5. The first-order chi connectivity index (χ1) is 9.29. The summed E-state index contributed by atoms with van der Waals surface area (Å²) in [6.45, 7) is 7.30. The molecule has 1 saturated heterocycles. The highest BCUT2D eigenvalue weighted by Gasteiger charge is 2.17. The summed E-state index contributed by atoms with van der Waals surface area (Å²) in [5, 5.41) is 0. The molecule has 0 radical (unpaired) electrons. The van der Waals surface area contributed by atoms with Gasteiger partial charge in [0.15, 0.2) is 11.5 Å². The van der Waals surface area contributed by atoms with Crippen molar-refractivity contribution in [3.8, 4) is 0 Å². The van der Waals surface area contributed by atoms with Crippen LogP contribution in [0.25, 0.3) is 11.7 Å². The van der Waals surface area contributed by atoms with Crippen LogP contribution >= 0.6 is 0 Å². The van der Waals surface area contributed by atoms with E-state index in [4.69, 9.17) is 4.74 Å². The smallest absolute Gasteiger partial charge is 0.181 e. The second-order valence-electron chi connectivity index (χ2n) is 4.68. The van der Waals surface area contributed by atoms with Crippen LogP contribution in [-0.2, 0) is 4.74 Å². The number of anilines is 1. The summed E-state index contributed by atoms with van der Waals surface area (Å²) in [5.74, 6) is 0.949. The average Bonchev–Trinajstić information content (AvgIpc) is 2.85.